The third kappa shape index (κ3) is 7.59. The zero-order chi connectivity index (χ0) is 29.0. The molecule has 0 radical (unpaired) electrons. The van der Waals surface area contributed by atoms with Gasteiger partial charge in [0.05, 0.1) is 18.2 Å². The molecule has 13 heteroatoms. The molecular weight excluding hydrogens is 530 g/mol. The van der Waals surface area contributed by atoms with Crippen molar-refractivity contribution >= 4 is 5.91 Å². The molecule has 0 fully saturated rings. The van der Waals surface area contributed by atoms with Gasteiger partial charge in [0.15, 0.2) is 0 Å². The van der Waals surface area contributed by atoms with Gasteiger partial charge in [-0.05, 0) is 43.9 Å². The summed E-state index contributed by atoms with van der Waals surface area (Å²) in [5.74, 6) is -0.381. The Kier molecular flexibility index (Phi) is 9.05. The summed E-state index contributed by atoms with van der Waals surface area (Å²) in [6.07, 6.45) is -8.68. The second-order valence-electron chi connectivity index (χ2n) is 8.84. The number of carbonyl (C=O) groups excluding carboxylic acids is 1. The molecule has 210 valence electrons. The quantitative estimate of drug-likeness (QED) is 0.329. The number of benzene rings is 2. The number of hydrogen-bond acceptors (Lipinski definition) is 6. The molecule has 0 aliphatic rings. The molecule has 0 saturated carbocycles. The van der Waals surface area contributed by atoms with E-state index in [0.717, 1.165) is 4.90 Å². The summed E-state index contributed by atoms with van der Waals surface area (Å²) in [6, 6.07) is 7.78. The third-order valence-electron chi connectivity index (χ3n) is 5.55. The van der Waals surface area contributed by atoms with Crippen molar-refractivity contribution in [2.45, 2.75) is 18.9 Å². The lowest BCUT2D eigenvalue weighted by Crippen LogP contribution is -2.28. The van der Waals surface area contributed by atoms with E-state index in [1.165, 1.54) is 20.4 Å². The Morgan fingerprint density at radius 1 is 0.923 bits per heavy atom. The van der Waals surface area contributed by atoms with E-state index in [-0.39, 0.29) is 35.5 Å². The summed E-state index contributed by atoms with van der Waals surface area (Å²) in [4.78, 5) is 24.8. The molecule has 0 N–H and O–H groups in total. The first-order valence-electron chi connectivity index (χ1n) is 11.5. The van der Waals surface area contributed by atoms with Crippen LogP contribution in [0.4, 0.5) is 26.3 Å². The first kappa shape index (κ1) is 29.7. The Labute approximate surface area is 221 Å². The fourth-order valence-corrected chi connectivity index (χ4v) is 3.62. The van der Waals surface area contributed by atoms with Gasteiger partial charge in [-0.25, -0.2) is 4.98 Å². The van der Waals surface area contributed by atoms with Crippen LogP contribution in [0, 0.1) is 0 Å². The first-order chi connectivity index (χ1) is 18.2. The molecule has 1 amide bonds. The van der Waals surface area contributed by atoms with Crippen LogP contribution in [0.15, 0.2) is 48.7 Å². The second kappa shape index (κ2) is 11.9. The van der Waals surface area contributed by atoms with Crippen LogP contribution in [0.25, 0.3) is 11.1 Å². The van der Waals surface area contributed by atoms with Crippen LogP contribution in [0.5, 0.6) is 11.8 Å². The number of aromatic nitrogens is 2. The predicted molar refractivity (Wildman–Crippen MR) is 130 cm³/mol. The monoisotopic (exact) mass is 556 g/mol. The van der Waals surface area contributed by atoms with Crippen molar-refractivity contribution < 1.29 is 40.6 Å². The number of likely N-dealkylation sites (N-methyl/N-ethyl adjacent to an activating group) is 1. The van der Waals surface area contributed by atoms with E-state index >= 15 is 0 Å². The topological polar surface area (TPSA) is 67.8 Å². The van der Waals surface area contributed by atoms with E-state index < -0.39 is 35.9 Å². The Morgan fingerprint density at radius 2 is 1.54 bits per heavy atom. The van der Waals surface area contributed by atoms with Crippen molar-refractivity contribution in [2.24, 2.45) is 0 Å². The SMILES string of the molecule is COc1ccccc1-c1cnc(OCCN(C)C)nc1C(=O)N(C)Cc1cc(C(F)(F)F)cc(C(F)(F)F)c1. The summed E-state index contributed by atoms with van der Waals surface area (Å²) in [7, 11) is 6.34. The van der Waals surface area contributed by atoms with Crippen LogP contribution in [0.1, 0.15) is 27.2 Å². The highest BCUT2D eigenvalue weighted by Gasteiger charge is 2.37. The minimum Gasteiger partial charge on any atom is -0.496 e. The highest BCUT2D eigenvalue weighted by atomic mass is 19.4. The fraction of sp³-hybridized carbons (Fsp3) is 0.346. The minimum absolute atomic E-state index is 0.0346. The Balaban J connectivity index is 2.02. The van der Waals surface area contributed by atoms with Crippen molar-refractivity contribution in [1.29, 1.82) is 0 Å². The molecule has 0 bridgehead atoms. The van der Waals surface area contributed by atoms with Gasteiger partial charge in [-0.2, -0.15) is 31.3 Å². The van der Waals surface area contributed by atoms with Crippen LogP contribution in [0.2, 0.25) is 0 Å². The molecule has 7 nitrogen and oxygen atoms in total. The molecule has 1 heterocycles. The van der Waals surface area contributed by atoms with Crippen molar-refractivity contribution in [3.8, 4) is 22.9 Å². The third-order valence-corrected chi connectivity index (χ3v) is 5.55. The van der Waals surface area contributed by atoms with Gasteiger partial charge in [-0.1, -0.05) is 18.2 Å². The standard InChI is InChI=1S/C26H26F6N4O3/c1-35(2)9-10-39-24-33-14-20(19-7-5-6-8-21(19)38-4)22(34-24)23(37)36(3)15-16-11-17(25(27,28)29)13-18(12-16)26(30,31)32/h5-8,11-14H,9-10,15H2,1-4H3. The average Bonchev–Trinajstić information content (AvgIpc) is 2.86. The van der Waals surface area contributed by atoms with Gasteiger partial charge >= 0.3 is 18.4 Å². The number of halogens is 6. The lowest BCUT2D eigenvalue weighted by molar-refractivity contribution is -0.143. The first-order valence-corrected chi connectivity index (χ1v) is 11.5. The Morgan fingerprint density at radius 3 is 2.10 bits per heavy atom. The van der Waals surface area contributed by atoms with E-state index in [0.29, 0.717) is 30.0 Å². The predicted octanol–water partition coefficient (Wildman–Crippen LogP) is 5.40. The molecule has 0 unspecified atom stereocenters. The lowest BCUT2D eigenvalue weighted by Gasteiger charge is -2.21. The molecule has 2 aromatic carbocycles. The maximum absolute atomic E-state index is 13.5. The molecule has 0 aliphatic heterocycles. The van der Waals surface area contributed by atoms with Crippen LogP contribution < -0.4 is 9.47 Å². The molecule has 0 aliphatic carbocycles. The normalized spacial score (nSPS) is 12.0. The van der Waals surface area contributed by atoms with Crippen molar-refractivity contribution in [3.63, 3.8) is 0 Å². The Hall–Kier alpha value is -3.87. The van der Waals surface area contributed by atoms with Crippen molar-refractivity contribution in [2.75, 3.05) is 41.4 Å². The number of carbonyl (C=O) groups is 1. The summed E-state index contributed by atoms with van der Waals surface area (Å²) in [5.41, 5.74) is -2.77. The van der Waals surface area contributed by atoms with Gasteiger partial charge in [0.25, 0.3) is 5.91 Å². The van der Waals surface area contributed by atoms with Gasteiger partial charge < -0.3 is 19.3 Å². The molecule has 39 heavy (non-hydrogen) atoms. The van der Waals surface area contributed by atoms with E-state index in [1.807, 2.05) is 19.0 Å². The zero-order valence-electron chi connectivity index (χ0n) is 21.5. The maximum Gasteiger partial charge on any atom is 0.416 e. The van der Waals surface area contributed by atoms with Crippen molar-refractivity contribution in [1.82, 2.24) is 19.8 Å². The zero-order valence-corrected chi connectivity index (χ0v) is 21.5. The van der Waals surface area contributed by atoms with Crippen molar-refractivity contribution in [3.05, 3.63) is 71.0 Å². The molecule has 0 saturated heterocycles. The number of para-hydroxylation sites is 1. The van der Waals surface area contributed by atoms with E-state index in [9.17, 15) is 31.1 Å². The van der Waals surface area contributed by atoms with E-state index in [2.05, 4.69) is 9.97 Å². The van der Waals surface area contributed by atoms with Crippen LogP contribution in [-0.4, -0.2) is 67.1 Å². The van der Waals surface area contributed by atoms with Crippen LogP contribution in [-0.2, 0) is 18.9 Å². The Bertz CT molecular complexity index is 1280. The molecular formula is C26H26F6N4O3. The summed E-state index contributed by atoms with van der Waals surface area (Å²) < 4.78 is 90.8. The van der Waals surface area contributed by atoms with E-state index in [4.69, 9.17) is 9.47 Å². The fourth-order valence-electron chi connectivity index (χ4n) is 3.62. The second-order valence-corrected chi connectivity index (χ2v) is 8.84. The summed E-state index contributed by atoms with van der Waals surface area (Å²) >= 11 is 0. The van der Waals surface area contributed by atoms with Gasteiger partial charge in [-0.3, -0.25) is 4.79 Å². The van der Waals surface area contributed by atoms with Crippen LogP contribution in [0.3, 0.4) is 0 Å². The molecule has 3 aromatic rings. The van der Waals surface area contributed by atoms with E-state index in [1.54, 1.807) is 24.3 Å². The number of amides is 1. The number of nitrogens with zero attached hydrogens (tertiary/aromatic N) is 4. The maximum atomic E-state index is 13.5. The number of methoxy groups -OCH3 is 1. The highest BCUT2D eigenvalue weighted by Crippen LogP contribution is 2.37. The molecule has 1 aromatic heterocycles. The molecule has 0 spiro atoms. The number of rotatable bonds is 9. The largest absolute Gasteiger partial charge is 0.496 e. The highest BCUT2D eigenvalue weighted by molar-refractivity contribution is 5.99. The van der Waals surface area contributed by atoms with Gasteiger partial charge in [0, 0.05) is 37.5 Å². The summed E-state index contributed by atoms with van der Waals surface area (Å²) in [5, 5.41) is 0. The van der Waals surface area contributed by atoms with Gasteiger partial charge in [0.1, 0.15) is 18.1 Å². The van der Waals surface area contributed by atoms with Crippen LogP contribution >= 0.6 is 0 Å². The van der Waals surface area contributed by atoms with Gasteiger partial charge in [0.2, 0.25) is 0 Å². The minimum atomic E-state index is -5.01. The number of hydrogen-bond donors (Lipinski definition) is 0. The smallest absolute Gasteiger partial charge is 0.416 e. The average molecular weight is 557 g/mol. The molecule has 3 rings (SSSR count). The number of ether oxygens (including phenoxy) is 2. The summed E-state index contributed by atoms with van der Waals surface area (Å²) in [6.45, 7) is 0.171. The molecule has 0 atom stereocenters. The lowest BCUT2D eigenvalue weighted by atomic mass is 10.0. The number of alkyl halides is 6. The van der Waals surface area contributed by atoms with Gasteiger partial charge in [-0.15, -0.1) is 0 Å².